The molecule has 118 valence electrons. The lowest BCUT2D eigenvalue weighted by atomic mass is 9.86. The molecule has 0 heterocycles. The molecular weight excluding hydrogens is 293 g/mol. The molecule has 2 atom stereocenters. The van der Waals surface area contributed by atoms with Crippen molar-refractivity contribution in [2.45, 2.75) is 50.2 Å². The predicted octanol–water partition coefficient (Wildman–Crippen LogP) is 2.52. The van der Waals surface area contributed by atoms with Crippen LogP contribution in [0.15, 0.2) is 23.1 Å². The third-order valence-corrected chi connectivity index (χ3v) is 6.27. The molecule has 1 aromatic rings. The summed E-state index contributed by atoms with van der Waals surface area (Å²) in [6.45, 7) is 1.72. The fraction of sp³-hybridized carbons (Fsp3) is 0.600. The first kappa shape index (κ1) is 16.4. The monoisotopic (exact) mass is 315 g/mol. The van der Waals surface area contributed by atoms with Crippen molar-refractivity contribution < 1.29 is 17.9 Å². The van der Waals surface area contributed by atoms with Crippen LogP contribution in [-0.4, -0.2) is 30.9 Å². The van der Waals surface area contributed by atoms with Crippen LogP contribution in [0.3, 0.4) is 0 Å². The summed E-state index contributed by atoms with van der Waals surface area (Å²) in [6, 6.07) is 3.60. The van der Waals surface area contributed by atoms with Gasteiger partial charge in [-0.05, 0) is 36.5 Å². The first-order valence-corrected chi connectivity index (χ1v) is 8.69. The molecular formula is C15H22FNO3S. The van der Waals surface area contributed by atoms with Gasteiger partial charge in [0.15, 0.2) is 0 Å². The lowest BCUT2D eigenvalue weighted by molar-refractivity contribution is 0.213. The molecule has 0 bridgehead atoms. The van der Waals surface area contributed by atoms with Gasteiger partial charge in [0, 0.05) is 13.1 Å². The third kappa shape index (κ3) is 3.27. The molecule has 2 rings (SSSR count). The Labute approximate surface area is 125 Å². The fourth-order valence-corrected chi connectivity index (χ4v) is 4.61. The van der Waals surface area contributed by atoms with E-state index in [1.165, 1.54) is 23.5 Å². The van der Waals surface area contributed by atoms with Gasteiger partial charge in [-0.15, -0.1) is 0 Å². The smallest absolute Gasteiger partial charge is 0.246 e. The number of hydrogen-bond donors (Lipinski definition) is 1. The first-order valence-electron chi connectivity index (χ1n) is 7.25. The molecule has 0 aliphatic heterocycles. The summed E-state index contributed by atoms with van der Waals surface area (Å²) in [5.74, 6) is -0.509. The van der Waals surface area contributed by atoms with Gasteiger partial charge in [0.1, 0.15) is 10.7 Å². The number of aliphatic hydroxyl groups is 1. The summed E-state index contributed by atoms with van der Waals surface area (Å²) in [7, 11) is -2.37. The fourth-order valence-electron chi connectivity index (χ4n) is 3.01. The van der Waals surface area contributed by atoms with Gasteiger partial charge < -0.3 is 5.11 Å². The highest BCUT2D eigenvalue weighted by Crippen LogP contribution is 2.31. The summed E-state index contributed by atoms with van der Waals surface area (Å²) < 4.78 is 40.6. The van der Waals surface area contributed by atoms with Crippen molar-refractivity contribution in [1.82, 2.24) is 4.31 Å². The van der Waals surface area contributed by atoms with Gasteiger partial charge in [-0.1, -0.05) is 25.8 Å². The van der Waals surface area contributed by atoms with Crippen molar-refractivity contribution in [3.8, 4) is 0 Å². The van der Waals surface area contributed by atoms with Gasteiger partial charge in [0.2, 0.25) is 10.0 Å². The van der Waals surface area contributed by atoms with Crippen molar-refractivity contribution in [2.24, 2.45) is 5.92 Å². The average Bonchev–Trinajstić information content (AvgIpc) is 2.47. The molecule has 2 unspecified atom stereocenters. The Morgan fingerprint density at radius 3 is 2.62 bits per heavy atom. The second-order valence-corrected chi connectivity index (χ2v) is 7.74. The van der Waals surface area contributed by atoms with Crippen LogP contribution >= 0.6 is 0 Å². The average molecular weight is 315 g/mol. The molecule has 6 heteroatoms. The molecule has 0 radical (unpaired) electrons. The minimum Gasteiger partial charge on any atom is -0.392 e. The topological polar surface area (TPSA) is 57.6 Å². The molecule has 1 aliphatic rings. The number of halogens is 1. The minimum atomic E-state index is -3.89. The highest BCUT2D eigenvalue weighted by Gasteiger charge is 2.34. The highest BCUT2D eigenvalue weighted by atomic mass is 32.2. The van der Waals surface area contributed by atoms with E-state index in [4.69, 9.17) is 5.11 Å². The van der Waals surface area contributed by atoms with Gasteiger partial charge in [-0.3, -0.25) is 0 Å². The predicted molar refractivity (Wildman–Crippen MR) is 78.7 cm³/mol. The Morgan fingerprint density at radius 2 is 2.00 bits per heavy atom. The van der Waals surface area contributed by atoms with Gasteiger partial charge >= 0.3 is 0 Å². The summed E-state index contributed by atoms with van der Waals surface area (Å²) in [6.07, 6.45) is 3.90. The van der Waals surface area contributed by atoms with Crippen LogP contribution in [0.2, 0.25) is 0 Å². The summed E-state index contributed by atoms with van der Waals surface area (Å²) >= 11 is 0. The number of aliphatic hydroxyl groups excluding tert-OH is 1. The van der Waals surface area contributed by atoms with Crippen LogP contribution in [0.25, 0.3) is 0 Å². The maximum Gasteiger partial charge on any atom is 0.246 e. The van der Waals surface area contributed by atoms with E-state index in [1.807, 2.05) is 6.92 Å². The SMILES string of the molecule is CC1CCCCC1N(C)S(=O)(=O)c1cc(CO)ccc1F. The molecule has 1 aromatic carbocycles. The second-order valence-electron chi connectivity index (χ2n) is 5.77. The zero-order valence-corrected chi connectivity index (χ0v) is 13.2. The molecule has 1 aliphatic carbocycles. The van der Waals surface area contributed by atoms with Crippen LogP contribution in [0, 0.1) is 11.7 Å². The van der Waals surface area contributed by atoms with Gasteiger partial charge in [-0.25, -0.2) is 12.8 Å². The van der Waals surface area contributed by atoms with E-state index in [1.54, 1.807) is 0 Å². The largest absolute Gasteiger partial charge is 0.392 e. The van der Waals surface area contributed by atoms with Crippen LogP contribution in [0.5, 0.6) is 0 Å². The molecule has 0 saturated heterocycles. The quantitative estimate of drug-likeness (QED) is 0.929. The number of hydrogen-bond acceptors (Lipinski definition) is 3. The maximum absolute atomic E-state index is 13.9. The Balaban J connectivity index is 2.36. The standard InChI is InChI=1S/C15H22FNO3S/c1-11-5-3-4-6-14(11)17(2)21(19,20)15-9-12(10-18)7-8-13(15)16/h7-9,11,14,18H,3-6,10H2,1-2H3. The van der Waals surface area contributed by atoms with Crippen LogP contribution in [-0.2, 0) is 16.6 Å². The zero-order valence-electron chi connectivity index (χ0n) is 12.4. The molecule has 0 aromatic heterocycles. The van der Waals surface area contributed by atoms with E-state index < -0.39 is 15.8 Å². The second kappa shape index (κ2) is 6.42. The number of rotatable bonds is 4. The number of sulfonamides is 1. The first-order chi connectivity index (χ1) is 9.87. The lowest BCUT2D eigenvalue weighted by Gasteiger charge is -2.35. The van der Waals surface area contributed by atoms with Gasteiger partial charge in [-0.2, -0.15) is 4.31 Å². The summed E-state index contributed by atoms with van der Waals surface area (Å²) in [5.41, 5.74) is 0.389. The molecule has 21 heavy (non-hydrogen) atoms. The van der Waals surface area contributed by atoms with E-state index >= 15 is 0 Å². The number of nitrogens with zero attached hydrogens (tertiary/aromatic N) is 1. The number of benzene rings is 1. The van der Waals surface area contributed by atoms with Gasteiger partial charge in [0.05, 0.1) is 6.61 Å². The van der Waals surface area contributed by atoms with Gasteiger partial charge in [0.25, 0.3) is 0 Å². The Hall–Kier alpha value is -0.980. The van der Waals surface area contributed by atoms with Crippen molar-refractivity contribution in [2.75, 3.05) is 7.05 Å². The molecule has 0 spiro atoms. The normalized spacial score (nSPS) is 23.5. The third-order valence-electron chi connectivity index (χ3n) is 4.37. The van der Waals surface area contributed by atoms with Crippen LogP contribution in [0.1, 0.15) is 38.2 Å². The Morgan fingerprint density at radius 1 is 1.33 bits per heavy atom. The van der Waals surface area contributed by atoms with E-state index in [9.17, 15) is 12.8 Å². The van der Waals surface area contributed by atoms with Crippen LogP contribution in [0.4, 0.5) is 4.39 Å². The zero-order chi connectivity index (χ0) is 15.6. The molecule has 1 fully saturated rings. The van der Waals surface area contributed by atoms with Crippen molar-refractivity contribution in [1.29, 1.82) is 0 Å². The van der Waals surface area contributed by atoms with E-state index in [-0.39, 0.29) is 23.5 Å². The van der Waals surface area contributed by atoms with E-state index in [2.05, 4.69) is 0 Å². The van der Waals surface area contributed by atoms with E-state index in [0.29, 0.717) is 5.56 Å². The van der Waals surface area contributed by atoms with E-state index in [0.717, 1.165) is 31.7 Å². The molecule has 1 saturated carbocycles. The van der Waals surface area contributed by atoms with Crippen molar-refractivity contribution >= 4 is 10.0 Å². The van der Waals surface area contributed by atoms with Crippen molar-refractivity contribution in [3.63, 3.8) is 0 Å². The van der Waals surface area contributed by atoms with Crippen molar-refractivity contribution in [3.05, 3.63) is 29.6 Å². The highest BCUT2D eigenvalue weighted by molar-refractivity contribution is 7.89. The molecule has 4 nitrogen and oxygen atoms in total. The summed E-state index contributed by atoms with van der Waals surface area (Å²) in [4.78, 5) is -0.352. The summed E-state index contributed by atoms with van der Waals surface area (Å²) in [5, 5.41) is 9.12. The Kier molecular flexibility index (Phi) is 5.01. The lowest BCUT2D eigenvalue weighted by Crippen LogP contribution is -2.42. The molecule has 0 amide bonds. The minimum absolute atomic E-state index is 0.0964. The van der Waals surface area contributed by atoms with Crippen LogP contribution < -0.4 is 0 Å². The molecule has 1 N–H and O–H groups in total. The Bertz CT molecular complexity index is 603. The maximum atomic E-state index is 13.9.